The number of allylic oxidation sites excluding steroid dienone is 1. The van der Waals surface area contributed by atoms with Gasteiger partial charge in [-0.15, -0.1) is 0 Å². The van der Waals surface area contributed by atoms with Crippen molar-refractivity contribution in [3.05, 3.63) is 108 Å². The Hall–Kier alpha value is -3.83. The van der Waals surface area contributed by atoms with E-state index in [1.165, 1.54) is 11.1 Å². The standard InChI is InChI=1S/C31H36N2O3/c1-5-27(24-12-7-6-8-13-24)31(28-14-9-10-15-29(28)35-4)25-17-19-26(20-18-25)36-23-22-32-21-11-16-30(34)33(2)3/h6-20,32H,5,21-23H2,1-4H3/b16-11+,31-27+. The van der Waals surface area contributed by atoms with Gasteiger partial charge in [0.25, 0.3) is 0 Å². The van der Waals surface area contributed by atoms with Crippen LogP contribution in [-0.2, 0) is 4.79 Å². The second kappa shape index (κ2) is 13.9. The maximum Gasteiger partial charge on any atom is 0.245 e. The Morgan fingerprint density at radius 1 is 0.917 bits per heavy atom. The molecular weight excluding hydrogens is 448 g/mol. The summed E-state index contributed by atoms with van der Waals surface area (Å²) < 4.78 is 11.7. The number of ether oxygens (including phenoxy) is 2. The maximum atomic E-state index is 11.5. The van der Waals surface area contributed by atoms with Gasteiger partial charge in [-0.25, -0.2) is 0 Å². The molecule has 0 spiro atoms. The maximum absolute atomic E-state index is 11.5. The molecule has 0 heterocycles. The molecule has 0 saturated carbocycles. The second-order valence-electron chi connectivity index (χ2n) is 8.49. The molecule has 0 atom stereocenters. The van der Waals surface area contributed by atoms with E-state index in [-0.39, 0.29) is 5.91 Å². The molecule has 0 aliphatic carbocycles. The smallest absolute Gasteiger partial charge is 0.245 e. The number of para-hydroxylation sites is 1. The van der Waals surface area contributed by atoms with Crippen LogP contribution in [0, 0.1) is 0 Å². The van der Waals surface area contributed by atoms with E-state index < -0.39 is 0 Å². The Morgan fingerprint density at radius 3 is 2.28 bits per heavy atom. The topological polar surface area (TPSA) is 50.8 Å². The monoisotopic (exact) mass is 484 g/mol. The van der Waals surface area contributed by atoms with Crippen LogP contribution in [0.2, 0.25) is 0 Å². The van der Waals surface area contributed by atoms with Gasteiger partial charge in [0, 0.05) is 38.8 Å². The molecule has 0 aromatic heterocycles. The first-order valence-electron chi connectivity index (χ1n) is 12.3. The fraction of sp³-hybridized carbons (Fsp3) is 0.258. The number of nitrogens with zero attached hydrogens (tertiary/aromatic N) is 1. The van der Waals surface area contributed by atoms with Crippen LogP contribution >= 0.6 is 0 Å². The molecule has 1 N–H and O–H groups in total. The highest BCUT2D eigenvalue weighted by Crippen LogP contribution is 2.38. The van der Waals surface area contributed by atoms with Crippen molar-refractivity contribution in [1.29, 1.82) is 0 Å². The zero-order chi connectivity index (χ0) is 25.8. The van der Waals surface area contributed by atoms with Crippen LogP contribution in [0.15, 0.2) is 91.0 Å². The van der Waals surface area contributed by atoms with Gasteiger partial charge in [0.1, 0.15) is 18.1 Å². The lowest BCUT2D eigenvalue weighted by atomic mass is 9.88. The summed E-state index contributed by atoms with van der Waals surface area (Å²) in [4.78, 5) is 13.1. The molecule has 3 aromatic carbocycles. The van der Waals surface area contributed by atoms with E-state index in [2.05, 4.69) is 54.7 Å². The van der Waals surface area contributed by atoms with Gasteiger partial charge in [-0.3, -0.25) is 4.79 Å². The minimum absolute atomic E-state index is 0.0202. The second-order valence-corrected chi connectivity index (χ2v) is 8.49. The Morgan fingerprint density at radius 2 is 1.61 bits per heavy atom. The molecule has 0 radical (unpaired) electrons. The lowest BCUT2D eigenvalue weighted by molar-refractivity contribution is -0.123. The van der Waals surface area contributed by atoms with Gasteiger partial charge in [0.15, 0.2) is 0 Å². The van der Waals surface area contributed by atoms with Gasteiger partial charge in [-0.2, -0.15) is 0 Å². The van der Waals surface area contributed by atoms with Gasteiger partial charge in [0.2, 0.25) is 5.91 Å². The van der Waals surface area contributed by atoms with Gasteiger partial charge in [0.05, 0.1) is 7.11 Å². The van der Waals surface area contributed by atoms with Crippen LogP contribution < -0.4 is 14.8 Å². The molecule has 0 aliphatic heterocycles. The largest absolute Gasteiger partial charge is 0.496 e. The first kappa shape index (κ1) is 26.8. The number of benzene rings is 3. The zero-order valence-electron chi connectivity index (χ0n) is 21.7. The summed E-state index contributed by atoms with van der Waals surface area (Å²) in [6, 6.07) is 26.9. The summed E-state index contributed by atoms with van der Waals surface area (Å²) in [7, 11) is 5.18. The predicted molar refractivity (Wildman–Crippen MR) is 148 cm³/mol. The van der Waals surface area contributed by atoms with Gasteiger partial charge >= 0.3 is 0 Å². The van der Waals surface area contributed by atoms with Crippen LogP contribution in [0.4, 0.5) is 0 Å². The number of nitrogens with one attached hydrogen (secondary N) is 1. The summed E-state index contributed by atoms with van der Waals surface area (Å²) in [5.74, 6) is 1.64. The number of methoxy groups -OCH3 is 1. The molecule has 5 heteroatoms. The Bertz CT molecular complexity index is 1170. The van der Waals surface area contributed by atoms with Crippen molar-refractivity contribution in [3.63, 3.8) is 0 Å². The Kier molecular flexibility index (Phi) is 10.3. The van der Waals surface area contributed by atoms with Crippen molar-refractivity contribution in [2.45, 2.75) is 13.3 Å². The van der Waals surface area contributed by atoms with E-state index in [0.717, 1.165) is 34.6 Å². The van der Waals surface area contributed by atoms with E-state index >= 15 is 0 Å². The van der Waals surface area contributed by atoms with Crippen LogP contribution in [0.1, 0.15) is 30.0 Å². The van der Waals surface area contributed by atoms with Crippen LogP contribution in [0.25, 0.3) is 11.1 Å². The average Bonchev–Trinajstić information content (AvgIpc) is 2.92. The molecule has 3 rings (SSSR count). The normalized spacial score (nSPS) is 11.8. The third kappa shape index (κ3) is 7.33. The van der Waals surface area contributed by atoms with Crippen molar-refractivity contribution in [2.75, 3.05) is 40.9 Å². The summed E-state index contributed by atoms with van der Waals surface area (Å²) in [6.07, 6.45) is 4.27. The molecule has 0 saturated heterocycles. The van der Waals surface area contributed by atoms with Crippen molar-refractivity contribution >= 4 is 17.1 Å². The van der Waals surface area contributed by atoms with Gasteiger partial charge in [-0.05, 0) is 46.9 Å². The molecule has 0 aliphatic rings. The first-order valence-corrected chi connectivity index (χ1v) is 12.3. The number of rotatable bonds is 12. The molecule has 188 valence electrons. The van der Waals surface area contributed by atoms with Crippen LogP contribution in [-0.4, -0.2) is 51.7 Å². The van der Waals surface area contributed by atoms with E-state index in [4.69, 9.17) is 9.47 Å². The molecule has 36 heavy (non-hydrogen) atoms. The highest BCUT2D eigenvalue weighted by molar-refractivity contribution is 6.00. The van der Waals surface area contributed by atoms with Crippen molar-refractivity contribution in [3.8, 4) is 11.5 Å². The number of hydrogen-bond acceptors (Lipinski definition) is 4. The minimum Gasteiger partial charge on any atom is -0.496 e. The molecule has 0 unspecified atom stereocenters. The zero-order valence-corrected chi connectivity index (χ0v) is 21.7. The number of carbonyl (C=O) groups excluding carboxylic acids is 1. The third-order valence-electron chi connectivity index (χ3n) is 5.81. The lowest BCUT2D eigenvalue weighted by Gasteiger charge is -2.19. The molecular formula is C31H36N2O3. The summed E-state index contributed by atoms with van der Waals surface area (Å²) in [6.45, 7) is 4.03. The summed E-state index contributed by atoms with van der Waals surface area (Å²) in [5.41, 5.74) is 5.81. The van der Waals surface area contributed by atoms with Crippen molar-refractivity contribution in [2.24, 2.45) is 0 Å². The molecule has 3 aromatic rings. The summed E-state index contributed by atoms with van der Waals surface area (Å²) in [5, 5.41) is 3.25. The predicted octanol–water partition coefficient (Wildman–Crippen LogP) is 5.68. The summed E-state index contributed by atoms with van der Waals surface area (Å²) >= 11 is 0. The molecule has 0 bridgehead atoms. The SMILES string of the molecule is CC/C(=C(/c1ccc(OCCNC/C=C/C(=O)N(C)C)cc1)c1ccccc1OC)c1ccccc1. The minimum atomic E-state index is -0.0202. The van der Waals surface area contributed by atoms with Gasteiger partial charge < -0.3 is 19.7 Å². The Balaban J connectivity index is 1.76. The molecule has 1 amide bonds. The number of hydrogen-bond donors (Lipinski definition) is 1. The number of carbonyl (C=O) groups is 1. The van der Waals surface area contributed by atoms with Crippen molar-refractivity contribution in [1.82, 2.24) is 10.2 Å². The fourth-order valence-electron chi connectivity index (χ4n) is 3.96. The number of likely N-dealkylation sites (N-methyl/N-ethyl adjacent to an activating group) is 1. The molecule has 0 fully saturated rings. The fourth-order valence-corrected chi connectivity index (χ4v) is 3.96. The van der Waals surface area contributed by atoms with Crippen LogP contribution in [0.3, 0.4) is 0 Å². The van der Waals surface area contributed by atoms with Crippen LogP contribution in [0.5, 0.6) is 11.5 Å². The van der Waals surface area contributed by atoms with E-state index in [0.29, 0.717) is 19.7 Å². The Labute approximate surface area is 215 Å². The van der Waals surface area contributed by atoms with E-state index in [1.54, 1.807) is 32.2 Å². The highest BCUT2D eigenvalue weighted by Gasteiger charge is 2.16. The van der Waals surface area contributed by atoms with Crippen molar-refractivity contribution < 1.29 is 14.3 Å². The molecule has 5 nitrogen and oxygen atoms in total. The van der Waals surface area contributed by atoms with E-state index in [9.17, 15) is 4.79 Å². The van der Waals surface area contributed by atoms with E-state index in [1.807, 2.05) is 42.5 Å². The average molecular weight is 485 g/mol. The first-order chi connectivity index (χ1) is 17.5. The quantitative estimate of drug-likeness (QED) is 0.204. The van der Waals surface area contributed by atoms with Gasteiger partial charge in [-0.1, -0.05) is 73.7 Å². The highest BCUT2D eigenvalue weighted by atomic mass is 16.5. The third-order valence-corrected chi connectivity index (χ3v) is 5.81. The number of amides is 1. The lowest BCUT2D eigenvalue weighted by Crippen LogP contribution is -2.22.